The summed E-state index contributed by atoms with van der Waals surface area (Å²) in [5, 5.41) is 1.26. The lowest BCUT2D eigenvalue weighted by Gasteiger charge is -2.33. The molecular weight excluding hydrogens is 408 g/mol. The van der Waals surface area contributed by atoms with Crippen LogP contribution in [0, 0.1) is 0 Å². The smallest absolute Gasteiger partial charge is 0.262 e. The summed E-state index contributed by atoms with van der Waals surface area (Å²) < 4.78 is 1.76. The third kappa shape index (κ3) is 5.69. The van der Waals surface area contributed by atoms with Crippen molar-refractivity contribution in [3.05, 3.63) is 34.6 Å². The van der Waals surface area contributed by atoms with E-state index < -0.39 is 0 Å². The number of piperidine rings is 1. The summed E-state index contributed by atoms with van der Waals surface area (Å²) in [6, 6.07) is 8.54. The number of nitrogens with zero attached hydrogens (tertiary/aromatic N) is 4. The Hall–Kier alpha value is -1.86. The van der Waals surface area contributed by atoms with Gasteiger partial charge in [-0.1, -0.05) is 23.9 Å². The van der Waals surface area contributed by atoms with E-state index in [1.807, 2.05) is 29.2 Å². The fourth-order valence-electron chi connectivity index (χ4n) is 4.46. The molecule has 0 bridgehead atoms. The number of aromatic nitrogens is 2. The van der Waals surface area contributed by atoms with Gasteiger partial charge in [-0.05, 0) is 66.0 Å². The molecule has 0 saturated carbocycles. The number of thioether (sulfide) groups is 1. The van der Waals surface area contributed by atoms with Gasteiger partial charge in [-0.3, -0.25) is 19.1 Å². The highest BCUT2D eigenvalue weighted by Crippen LogP contribution is 2.22. The number of carbonyl (C=O) groups is 1. The van der Waals surface area contributed by atoms with Crippen molar-refractivity contribution in [2.45, 2.75) is 83.7 Å². The topological polar surface area (TPSA) is 58.4 Å². The van der Waals surface area contributed by atoms with Gasteiger partial charge in [0.05, 0.1) is 16.7 Å². The van der Waals surface area contributed by atoms with E-state index in [9.17, 15) is 9.59 Å². The van der Waals surface area contributed by atoms with Gasteiger partial charge in [0.25, 0.3) is 5.56 Å². The van der Waals surface area contributed by atoms with Crippen molar-refractivity contribution in [2.24, 2.45) is 0 Å². The number of likely N-dealkylation sites (tertiary alicyclic amines) is 1. The average molecular weight is 445 g/mol. The molecule has 1 aromatic carbocycles. The number of carbonyl (C=O) groups excluding carboxylic acids is 1. The predicted octanol–water partition coefficient (Wildman–Crippen LogP) is 4.01. The van der Waals surface area contributed by atoms with Crippen molar-refractivity contribution in [3.8, 4) is 0 Å². The van der Waals surface area contributed by atoms with Crippen molar-refractivity contribution in [1.82, 2.24) is 19.4 Å². The molecule has 1 saturated heterocycles. The molecule has 1 aliphatic rings. The van der Waals surface area contributed by atoms with Gasteiger partial charge in [-0.15, -0.1) is 0 Å². The van der Waals surface area contributed by atoms with Gasteiger partial charge in [0, 0.05) is 37.8 Å². The first-order valence-electron chi connectivity index (χ1n) is 11.5. The number of fused-ring (bicyclic) bond motifs is 1. The van der Waals surface area contributed by atoms with Gasteiger partial charge < -0.3 is 4.90 Å². The van der Waals surface area contributed by atoms with E-state index in [1.54, 1.807) is 4.57 Å². The van der Waals surface area contributed by atoms with Crippen LogP contribution < -0.4 is 5.56 Å². The van der Waals surface area contributed by atoms with Crippen LogP contribution in [0.25, 0.3) is 10.9 Å². The second kappa shape index (κ2) is 10.6. The van der Waals surface area contributed by atoms with Crippen LogP contribution in [-0.2, 0) is 11.3 Å². The zero-order chi connectivity index (χ0) is 22.5. The van der Waals surface area contributed by atoms with E-state index >= 15 is 0 Å². The molecule has 0 radical (unpaired) electrons. The maximum Gasteiger partial charge on any atom is 0.262 e. The maximum atomic E-state index is 13.3. The van der Waals surface area contributed by atoms with Gasteiger partial charge in [-0.25, -0.2) is 4.98 Å². The van der Waals surface area contributed by atoms with Crippen LogP contribution in [-0.4, -0.2) is 62.2 Å². The first-order valence-corrected chi connectivity index (χ1v) is 12.5. The largest absolute Gasteiger partial charge is 0.339 e. The number of benzene rings is 1. The Morgan fingerprint density at radius 1 is 1.19 bits per heavy atom. The fraction of sp³-hybridized carbons (Fsp3) is 0.625. The van der Waals surface area contributed by atoms with Gasteiger partial charge in [0.15, 0.2) is 5.16 Å². The minimum absolute atomic E-state index is 0.0284. The summed E-state index contributed by atoms with van der Waals surface area (Å²) in [5.74, 6) is 0.449. The molecule has 170 valence electrons. The molecule has 1 atom stereocenters. The van der Waals surface area contributed by atoms with E-state index in [4.69, 9.17) is 4.98 Å². The molecule has 1 unspecified atom stereocenters. The Kier molecular flexibility index (Phi) is 8.17. The zero-order valence-electron chi connectivity index (χ0n) is 19.5. The molecule has 2 aromatic rings. The lowest BCUT2D eigenvalue weighted by atomic mass is 10.0. The van der Waals surface area contributed by atoms with Gasteiger partial charge in [-0.2, -0.15) is 0 Å². The van der Waals surface area contributed by atoms with Gasteiger partial charge in [0.1, 0.15) is 0 Å². The van der Waals surface area contributed by atoms with Crippen molar-refractivity contribution in [3.63, 3.8) is 0 Å². The van der Waals surface area contributed by atoms with Crippen LogP contribution in [0.5, 0.6) is 0 Å². The average Bonchev–Trinajstić information content (AvgIpc) is 2.73. The summed E-state index contributed by atoms with van der Waals surface area (Å²) >= 11 is 1.39. The lowest BCUT2D eigenvalue weighted by Crippen LogP contribution is -2.43. The molecular formula is C24H36N4O2S. The van der Waals surface area contributed by atoms with Crippen molar-refractivity contribution >= 4 is 28.6 Å². The Bertz CT molecular complexity index is 948. The summed E-state index contributed by atoms with van der Waals surface area (Å²) in [4.78, 5) is 35.3. The number of hydrogen-bond donors (Lipinski definition) is 0. The number of rotatable bonds is 8. The Balaban J connectivity index is 1.85. The van der Waals surface area contributed by atoms with Crippen LogP contribution in [0.4, 0.5) is 0 Å². The summed E-state index contributed by atoms with van der Waals surface area (Å²) in [6.07, 6.45) is 3.32. The molecule has 3 rings (SSSR count). The zero-order valence-corrected chi connectivity index (χ0v) is 20.3. The lowest BCUT2D eigenvalue weighted by molar-refractivity contribution is -0.131. The molecule has 1 aromatic heterocycles. The highest BCUT2D eigenvalue weighted by Gasteiger charge is 2.24. The number of hydrogen-bond acceptors (Lipinski definition) is 5. The molecule has 1 fully saturated rings. The monoisotopic (exact) mass is 444 g/mol. The van der Waals surface area contributed by atoms with Crippen molar-refractivity contribution < 1.29 is 4.79 Å². The predicted molar refractivity (Wildman–Crippen MR) is 129 cm³/mol. The van der Waals surface area contributed by atoms with Crippen LogP contribution in [0.15, 0.2) is 34.2 Å². The molecule has 0 aliphatic carbocycles. The van der Waals surface area contributed by atoms with E-state index in [0.29, 0.717) is 46.5 Å². The van der Waals surface area contributed by atoms with E-state index in [1.165, 1.54) is 18.2 Å². The molecule has 6 nitrogen and oxygen atoms in total. The standard InChI is InChI=1S/C24H36N4O2S/c1-17(2)26(18(3)4)14-15-28-23(30)20-11-6-7-12-21(20)25-24(28)31-16-22(29)27-13-9-8-10-19(27)5/h6-7,11-12,17-19H,8-10,13-16H2,1-5H3. The van der Waals surface area contributed by atoms with Crippen LogP contribution in [0.2, 0.25) is 0 Å². The molecule has 0 N–H and O–H groups in total. The molecule has 0 spiro atoms. The summed E-state index contributed by atoms with van der Waals surface area (Å²) in [5.41, 5.74) is 0.661. The number of amides is 1. The Labute approximate surface area is 190 Å². The fourth-order valence-corrected chi connectivity index (χ4v) is 5.37. The quantitative estimate of drug-likeness (QED) is 0.455. The van der Waals surface area contributed by atoms with E-state index in [-0.39, 0.29) is 11.5 Å². The van der Waals surface area contributed by atoms with Crippen molar-refractivity contribution in [1.29, 1.82) is 0 Å². The maximum absolute atomic E-state index is 13.3. The SMILES string of the molecule is CC1CCCCN1C(=O)CSc1nc2ccccc2c(=O)n1CCN(C(C)C)C(C)C. The van der Waals surface area contributed by atoms with Gasteiger partial charge in [0.2, 0.25) is 5.91 Å². The second-order valence-electron chi connectivity index (χ2n) is 9.01. The Morgan fingerprint density at radius 2 is 1.90 bits per heavy atom. The molecule has 1 aliphatic heterocycles. The van der Waals surface area contributed by atoms with Crippen LogP contribution >= 0.6 is 11.8 Å². The van der Waals surface area contributed by atoms with Crippen LogP contribution in [0.1, 0.15) is 53.9 Å². The van der Waals surface area contributed by atoms with Crippen LogP contribution in [0.3, 0.4) is 0 Å². The minimum atomic E-state index is -0.0284. The molecule has 7 heteroatoms. The molecule has 2 heterocycles. The third-order valence-electron chi connectivity index (χ3n) is 6.18. The minimum Gasteiger partial charge on any atom is -0.339 e. The first-order chi connectivity index (χ1) is 14.8. The summed E-state index contributed by atoms with van der Waals surface area (Å²) in [7, 11) is 0. The van der Waals surface area contributed by atoms with Crippen molar-refractivity contribution in [2.75, 3.05) is 18.8 Å². The summed E-state index contributed by atoms with van der Waals surface area (Å²) in [6.45, 7) is 13.0. The van der Waals surface area contributed by atoms with Gasteiger partial charge >= 0.3 is 0 Å². The third-order valence-corrected chi connectivity index (χ3v) is 7.14. The molecule has 31 heavy (non-hydrogen) atoms. The highest BCUT2D eigenvalue weighted by molar-refractivity contribution is 7.99. The Morgan fingerprint density at radius 3 is 2.58 bits per heavy atom. The first kappa shape index (κ1) is 23.8. The normalized spacial score (nSPS) is 17.3. The molecule has 1 amide bonds. The second-order valence-corrected chi connectivity index (χ2v) is 9.96. The van der Waals surface area contributed by atoms with E-state index in [0.717, 1.165) is 25.9 Å². The highest BCUT2D eigenvalue weighted by atomic mass is 32.2. The van der Waals surface area contributed by atoms with E-state index in [2.05, 4.69) is 39.5 Å². The number of para-hydroxylation sites is 1.